The first-order valence-corrected chi connectivity index (χ1v) is 16.9. The fraction of sp³-hybridized carbons (Fsp3) is 0.0667. The maximum atomic E-state index is 6.35. The van der Waals surface area contributed by atoms with E-state index in [0.717, 1.165) is 66.4 Å². The summed E-state index contributed by atoms with van der Waals surface area (Å²) in [6.45, 7) is 4.60. The Morgan fingerprint density at radius 2 is 1.06 bits per heavy atom. The second-order valence-electron chi connectivity index (χ2n) is 13.4. The van der Waals surface area contributed by atoms with E-state index in [9.17, 15) is 0 Å². The molecule has 0 saturated carbocycles. The smallest absolute Gasteiger partial charge is 0.183 e. The SMILES string of the molecule is CC1(C)c2ccccc2-c2c(-c3nc(-c4ccccc4)nc(-c4ccc(-c5cccc6c5oc5ccccc56)cc4)n3)nc3ccccc3c21. The van der Waals surface area contributed by atoms with Crippen LogP contribution in [-0.4, -0.2) is 19.9 Å². The highest BCUT2D eigenvalue weighted by molar-refractivity contribution is 6.09. The van der Waals surface area contributed by atoms with Crippen LogP contribution in [0.25, 0.3) is 89.4 Å². The summed E-state index contributed by atoms with van der Waals surface area (Å²) < 4.78 is 6.35. The van der Waals surface area contributed by atoms with E-state index in [0.29, 0.717) is 17.5 Å². The van der Waals surface area contributed by atoms with Gasteiger partial charge in [0.25, 0.3) is 0 Å². The van der Waals surface area contributed by atoms with Crippen LogP contribution in [0.2, 0.25) is 0 Å². The van der Waals surface area contributed by atoms with Gasteiger partial charge in [-0.1, -0.05) is 147 Å². The maximum Gasteiger partial charge on any atom is 0.183 e. The number of rotatable bonds is 4. The molecule has 0 amide bonds. The summed E-state index contributed by atoms with van der Waals surface area (Å²) in [5, 5.41) is 3.38. The number of hydrogen-bond donors (Lipinski definition) is 0. The molecule has 0 saturated heterocycles. The third-order valence-corrected chi connectivity index (χ3v) is 10.1. The van der Waals surface area contributed by atoms with E-state index in [-0.39, 0.29) is 5.41 Å². The summed E-state index contributed by atoms with van der Waals surface area (Å²) in [6.07, 6.45) is 0. The first-order chi connectivity index (χ1) is 24.5. The molecule has 236 valence electrons. The van der Waals surface area contributed by atoms with Crippen molar-refractivity contribution < 1.29 is 4.42 Å². The quantitative estimate of drug-likeness (QED) is 0.191. The first kappa shape index (κ1) is 28.5. The summed E-state index contributed by atoms with van der Waals surface area (Å²) in [7, 11) is 0. The molecule has 0 bridgehead atoms. The van der Waals surface area contributed by atoms with Gasteiger partial charge in [-0.25, -0.2) is 19.9 Å². The van der Waals surface area contributed by atoms with Crippen LogP contribution in [0.5, 0.6) is 0 Å². The van der Waals surface area contributed by atoms with Gasteiger partial charge in [0.2, 0.25) is 0 Å². The molecule has 0 fully saturated rings. The minimum Gasteiger partial charge on any atom is -0.455 e. The van der Waals surface area contributed by atoms with Crippen molar-refractivity contribution in [3.63, 3.8) is 0 Å². The first-order valence-electron chi connectivity index (χ1n) is 16.9. The van der Waals surface area contributed by atoms with Gasteiger partial charge in [0.15, 0.2) is 17.5 Å². The van der Waals surface area contributed by atoms with Gasteiger partial charge in [-0.3, -0.25) is 0 Å². The van der Waals surface area contributed by atoms with Gasteiger partial charge in [-0.2, -0.15) is 0 Å². The average Bonchev–Trinajstić information content (AvgIpc) is 3.67. The number of furan rings is 1. The number of aromatic nitrogens is 4. The van der Waals surface area contributed by atoms with Gasteiger partial charge in [0, 0.05) is 43.8 Å². The minimum absolute atomic E-state index is 0.222. The molecule has 50 heavy (non-hydrogen) atoms. The second kappa shape index (κ2) is 10.8. The van der Waals surface area contributed by atoms with E-state index in [4.69, 9.17) is 24.4 Å². The summed E-state index contributed by atoms with van der Waals surface area (Å²) in [4.78, 5) is 20.6. The van der Waals surface area contributed by atoms with Crippen molar-refractivity contribution >= 4 is 32.8 Å². The van der Waals surface area contributed by atoms with Crippen molar-refractivity contribution in [2.75, 3.05) is 0 Å². The molecule has 3 heterocycles. The molecule has 0 N–H and O–H groups in total. The monoisotopic (exact) mass is 642 g/mol. The molecule has 0 unspecified atom stereocenters. The van der Waals surface area contributed by atoms with E-state index in [1.807, 2.05) is 54.6 Å². The Balaban J connectivity index is 1.17. The molecular weight excluding hydrogens is 613 g/mol. The largest absolute Gasteiger partial charge is 0.455 e. The van der Waals surface area contributed by atoms with Crippen LogP contribution in [0.1, 0.15) is 25.0 Å². The molecule has 1 aliphatic rings. The Bertz CT molecular complexity index is 2780. The lowest BCUT2D eigenvalue weighted by atomic mass is 9.80. The van der Waals surface area contributed by atoms with E-state index in [1.165, 1.54) is 16.7 Å². The molecule has 6 aromatic carbocycles. The van der Waals surface area contributed by atoms with Gasteiger partial charge in [0.1, 0.15) is 16.9 Å². The molecule has 0 aliphatic heterocycles. The Morgan fingerprint density at radius 3 is 1.88 bits per heavy atom. The third kappa shape index (κ3) is 4.26. The van der Waals surface area contributed by atoms with Crippen LogP contribution < -0.4 is 0 Å². The van der Waals surface area contributed by atoms with Crippen LogP contribution in [0.15, 0.2) is 150 Å². The molecule has 0 atom stereocenters. The zero-order chi connectivity index (χ0) is 33.4. The zero-order valence-corrected chi connectivity index (χ0v) is 27.6. The van der Waals surface area contributed by atoms with E-state index >= 15 is 0 Å². The second-order valence-corrected chi connectivity index (χ2v) is 13.4. The Hall–Kier alpha value is -6.46. The lowest BCUT2D eigenvalue weighted by Crippen LogP contribution is -2.16. The number of nitrogens with zero attached hydrogens (tertiary/aromatic N) is 4. The van der Waals surface area contributed by atoms with Crippen molar-refractivity contribution in [1.82, 2.24) is 19.9 Å². The summed E-state index contributed by atoms with van der Waals surface area (Å²) in [5.41, 5.74) is 12.0. The van der Waals surface area contributed by atoms with Crippen molar-refractivity contribution in [3.8, 4) is 56.5 Å². The Kier molecular flexibility index (Phi) is 6.15. The van der Waals surface area contributed by atoms with Gasteiger partial charge >= 0.3 is 0 Å². The fourth-order valence-corrected chi connectivity index (χ4v) is 7.77. The summed E-state index contributed by atoms with van der Waals surface area (Å²) in [5.74, 6) is 1.76. The maximum absolute atomic E-state index is 6.35. The van der Waals surface area contributed by atoms with E-state index in [2.05, 4.69) is 105 Å². The van der Waals surface area contributed by atoms with Crippen molar-refractivity contribution in [2.45, 2.75) is 19.3 Å². The van der Waals surface area contributed by atoms with Gasteiger partial charge in [0.05, 0.1) is 5.52 Å². The van der Waals surface area contributed by atoms with Gasteiger partial charge in [-0.15, -0.1) is 0 Å². The average molecular weight is 643 g/mol. The fourth-order valence-electron chi connectivity index (χ4n) is 7.77. The topological polar surface area (TPSA) is 64.7 Å². The number of fused-ring (bicyclic) bond motifs is 8. The highest BCUT2D eigenvalue weighted by atomic mass is 16.3. The lowest BCUT2D eigenvalue weighted by Gasteiger charge is -2.23. The molecule has 9 aromatic rings. The van der Waals surface area contributed by atoms with E-state index < -0.39 is 0 Å². The van der Waals surface area contributed by atoms with E-state index in [1.54, 1.807) is 0 Å². The van der Waals surface area contributed by atoms with Crippen LogP contribution in [0.4, 0.5) is 0 Å². The zero-order valence-electron chi connectivity index (χ0n) is 27.6. The third-order valence-electron chi connectivity index (χ3n) is 10.1. The molecule has 5 nitrogen and oxygen atoms in total. The van der Waals surface area contributed by atoms with Gasteiger partial charge in [-0.05, 0) is 34.4 Å². The minimum atomic E-state index is -0.222. The van der Waals surface area contributed by atoms with Crippen LogP contribution in [-0.2, 0) is 5.41 Å². The van der Waals surface area contributed by atoms with Crippen LogP contribution in [0.3, 0.4) is 0 Å². The summed E-state index contributed by atoms with van der Waals surface area (Å²) >= 11 is 0. The predicted octanol–water partition coefficient (Wildman–Crippen LogP) is 11.3. The standard InChI is InChI=1S/C45H30N4O/c1-45(2)35-20-9-6-16-33(35)38-39(45)34-17-7-10-21-36(34)46-40(38)44-48-42(28-13-4-3-5-14-28)47-43(49-44)29-25-23-27(24-26-29)30-18-12-19-32-31-15-8-11-22-37(31)50-41(30)32/h3-26H,1-2H3. The normalized spacial score (nSPS) is 13.2. The Labute approximate surface area is 289 Å². The predicted molar refractivity (Wildman–Crippen MR) is 202 cm³/mol. The van der Waals surface area contributed by atoms with Crippen molar-refractivity contribution in [3.05, 3.63) is 157 Å². The van der Waals surface area contributed by atoms with Gasteiger partial charge < -0.3 is 4.42 Å². The molecule has 0 spiro atoms. The molecule has 0 radical (unpaired) electrons. The number of pyridine rings is 1. The molecule has 3 aromatic heterocycles. The Morgan fingerprint density at radius 1 is 0.460 bits per heavy atom. The number of hydrogen-bond acceptors (Lipinski definition) is 5. The number of para-hydroxylation sites is 3. The molecule has 5 heteroatoms. The lowest BCUT2D eigenvalue weighted by molar-refractivity contribution is 0.666. The van der Waals surface area contributed by atoms with Crippen LogP contribution >= 0.6 is 0 Å². The number of benzene rings is 6. The summed E-state index contributed by atoms with van der Waals surface area (Å²) in [6, 6.07) is 50.1. The van der Waals surface area contributed by atoms with Crippen LogP contribution in [0, 0.1) is 0 Å². The highest BCUT2D eigenvalue weighted by Gasteiger charge is 2.39. The van der Waals surface area contributed by atoms with Crippen molar-refractivity contribution in [1.29, 1.82) is 0 Å². The molecule has 1 aliphatic carbocycles. The molecular formula is C45H30N4O. The molecule has 10 rings (SSSR count). The van der Waals surface area contributed by atoms with Crippen molar-refractivity contribution in [2.24, 2.45) is 0 Å². The highest BCUT2D eigenvalue weighted by Crippen LogP contribution is 2.53.